The zero-order chi connectivity index (χ0) is 17.6. The van der Waals surface area contributed by atoms with Crippen molar-refractivity contribution in [3.8, 4) is 0 Å². The molecule has 1 atom stereocenters. The van der Waals surface area contributed by atoms with E-state index < -0.39 is 9.84 Å². The number of carbonyl (C=O) groups is 1. The van der Waals surface area contributed by atoms with Crippen LogP contribution in [0.3, 0.4) is 0 Å². The van der Waals surface area contributed by atoms with Gasteiger partial charge in [0, 0.05) is 6.26 Å². The first-order valence-corrected chi connectivity index (χ1v) is 10.6. The Morgan fingerprint density at radius 1 is 1.08 bits per heavy atom. The Morgan fingerprint density at radius 3 is 2.17 bits per heavy atom. The Hall–Kier alpha value is -1.40. The van der Waals surface area contributed by atoms with E-state index in [2.05, 4.69) is 10.2 Å². The third-order valence-electron chi connectivity index (χ3n) is 4.50. The molecule has 0 aromatic heterocycles. The van der Waals surface area contributed by atoms with E-state index in [9.17, 15) is 13.2 Å². The van der Waals surface area contributed by atoms with Crippen molar-refractivity contribution in [2.24, 2.45) is 0 Å². The average molecular weight is 352 g/mol. The molecule has 1 aromatic rings. The quantitative estimate of drug-likeness (QED) is 0.884. The van der Waals surface area contributed by atoms with Crippen molar-refractivity contribution in [2.75, 3.05) is 25.9 Å². The first-order chi connectivity index (χ1) is 11.4. The molecule has 1 fully saturated rings. The van der Waals surface area contributed by atoms with Crippen molar-refractivity contribution < 1.29 is 13.2 Å². The fraction of sp³-hybridized carbons (Fsp3) is 0.611. The molecule has 0 aliphatic carbocycles. The number of nitrogens with one attached hydrogen (secondary N) is 1. The summed E-state index contributed by atoms with van der Waals surface area (Å²) in [5, 5.41) is 3.01. The van der Waals surface area contributed by atoms with Gasteiger partial charge >= 0.3 is 0 Å². The second-order valence-corrected chi connectivity index (χ2v) is 8.69. The first kappa shape index (κ1) is 18.9. The SMILES string of the molecule is CC(NC(=O)CN1CCCCCCC1)c1ccc(S(C)(=O)=O)cc1. The van der Waals surface area contributed by atoms with Crippen LogP contribution in [-0.2, 0) is 14.6 Å². The van der Waals surface area contributed by atoms with Crippen LogP contribution in [0.2, 0.25) is 0 Å². The molecule has 0 spiro atoms. The largest absolute Gasteiger partial charge is 0.348 e. The van der Waals surface area contributed by atoms with Gasteiger partial charge in [-0.2, -0.15) is 0 Å². The summed E-state index contributed by atoms with van der Waals surface area (Å²) < 4.78 is 23.0. The van der Waals surface area contributed by atoms with Crippen molar-refractivity contribution in [3.63, 3.8) is 0 Å². The lowest BCUT2D eigenvalue weighted by Crippen LogP contribution is -2.39. The van der Waals surface area contributed by atoms with E-state index in [1.54, 1.807) is 24.3 Å². The minimum Gasteiger partial charge on any atom is -0.348 e. The number of hydrogen-bond donors (Lipinski definition) is 1. The van der Waals surface area contributed by atoms with Crippen LogP contribution < -0.4 is 5.32 Å². The molecular weight excluding hydrogens is 324 g/mol. The van der Waals surface area contributed by atoms with Crippen LogP contribution in [0.1, 0.15) is 50.6 Å². The minimum absolute atomic E-state index is 0.0234. The third-order valence-corrected chi connectivity index (χ3v) is 5.63. The van der Waals surface area contributed by atoms with Crippen molar-refractivity contribution in [2.45, 2.75) is 50.0 Å². The molecule has 1 unspecified atom stereocenters. The third kappa shape index (κ3) is 5.91. The topological polar surface area (TPSA) is 66.5 Å². The average Bonchev–Trinajstić information content (AvgIpc) is 2.49. The lowest BCUT2D eigenvalue weighted by molar-refractivity contribution is -0.123. The molecule has 0 bridgehead atoms. The summed E-state index contributed by atoms with van der Waals surface area (Å²) in [4.78, 5) is 14.8. The van der Waals surface area contributed by atoms with Gasteiger partial charge in [0.1, 0.15) is 0 Å². The van der Waals surface area contributed by atoms with Crippen molar-refractivity contribution in [1.82, 2.24) is 10.2 Å². The molecule has 1 saturated heterocycles. The Balaban J connectivity index is 1.88. The van der Waals surface area contributed by atoms with E-state index >= 15 is 0 Å². The molecule has 0 saturated carbocycles. The van der Waals surface area contributed by atoms with Gasteiger partial charge in [-0.25, -0.2) is 8.42 Å². The molecule has 1 heterocycles. The van der Waals surface area contributed by atoms with E-state index in [1.165, 1.54) is 25.5 Å². The van der Waals surface area contributed by atoms with Crippen LogP contribution in [0.15, 0.2) is 29.2 Å². The second-order valence-electron chi connectivity index (χ2n) is 6.67. The Bertz CT molecular complexity index is 633. The van der Waals surface area contributed by atoms with E-state index in [4.69, 9.17) is 0 Å². The summed E-state index contributed by atoms with van der Waals surface area (Å²) in [6.07, 6.45) is 7.32. The summed E-state index contributed by atoms with van der Waals surface area (Å²) in [6.45, 7) is 4.34. The molecule has 1 aromatic carbocycles. The first-order valence-electron chi connectivity index (χ1n) is 8.68. The summed E-state index contributed by atoms with van der Waals surface area (Å²) in [7, 11) is -3.19. The fourth-order valence-electron chi connectivity index (χ4n) is 3.05. The predicted molar refractivity (Wildman–Crippen MR) is 95.6 cm³/mol. The van der Waals surface area contributed by atoms with Crippen LogP contribution in [0, 0.1) is 0 Å². The Morgan fingerprint density at radius 2 is 1.62 bits per heavy atom. The molecule has 1 N–H and O–H groups in total. The van der Waals surface area contributed by atoms with Gasteiger partial charge in [0.2, 0.25) is 5.91 Å². The summed E-state index contributed by atoms with van der Waals surface area (Å²) in [6, 6.07) is 6.56. The summed E-state index contributed by atoms with van der Waals surface area (Å²) in [5.41, 5.74) is 0.906. The number of nitrogens with zero attached hydrogens (tertiary/aromatic N) is 1. The van der Waals surface area contributed by atoms with Crippen LogP contribution in [0.4, 0.5) is 0 Å². The highest BCUT2D eigenvalue weighted by Gasteiger charge is 2.15. The van der Waals surface area contributed by atoms with Crippen LogP contribution in [0.25, 0.3) is 0 Å². The van der Waals surface area contributed by atoms with Gasteiger partial charge in [0.05, 0.1) is 17.5 Å². The van der Waals surface area contributed by atoms with Crippen molar-refractivity contribution in [1.29, 1.82) is 0 Å². The highest BCUT2D eigenvalue weighted by atomic mass is 32.2. The van der Waals surface area contributed by atoms with E-state index in [0.29, 0.717) is 11.4 Å². The van der Waals surface area contributed by atoms with Gasteiger partial charge in [-0.05, 0) is 50.6 Å². The number of hydrogen-bond acceptors (Lipinski definition) is 4. The number of rotatable bonds is 5. The highest BCUT2D eigenvalue weighted by molar-refractivity contribution is 7.90. The maximum Gasteiger partial charge on any atom is 0.234 e. The van der Waals surface area contributed by atoms with E-state index in [-0.39, 0.29) is 11.9 Å². The smallest absolute Gasteiger partial charge is 0.234 e. The number of benzene rings is 1. The monoisotopic (exact) mass is 352 g/mol. The Labute approximate surface area is 145 Å². The van der Waals surface area contributed by atoms with E-state index in [1.807, 2.05) is 6.92 Å². The number of likely N-dealkylation sites (tertiary alicyclic amines) is 1. The fourth-order valence-corrected chi connectivity index (χ4v) is 3.68. The van der Waals surface area contributed by atoms with E-state index in [0.717, 1.165) is 31.5 Å². The number of amides is 1. The molecule has 134 valence electrons. The van der Waals surface area contributed by atoms with Crippen LogP contribution in [0.5, 0.6) is 0 Å². The molecular formula is C18H28N2O3S. The zero-order valence-corrected chi connectivity index (χ0v) is 15.4. The van der Waals surface area contributed by atoms with Crippen molar-refractivity contribution >= 4 is 15.7 Å². The standard InChI is InChI=1S/C18H28N2O3S/c1-15(16-8-10-17(11-9-16)24(2,22)23)19-18(21)14-20-12-6-4-3-5-7-13-20/h8-11,15H,3-7,12-14H2,1-2H3,(H,19,21). The molecule has 1 amide bonds. The Kier molecular flexibility index (Phi) is 6.80. The molecule has 5 nitrogen and oxygen atoms in total. The van der Waals surface area contributed by atoms with Crippen LogP contribution >= 0.6 is 0 Å². The van der Waals surface area contributed by atoms with Gasteiger partial charge in [0.15, 0.2) is 9.84 Å². The molecule has 0 radical (unpaired) electrons. The van der Waals surface area contributed by atoms with Crippen LogP contribution in [-0.4, -0.2) is 45.1 Å². The minimum atomic E-state index is -3.19. The normalized spacial score (nSPS) is 18.4. The van der Waals surface area contributed by atoms with Gasteiger partial charge in [-0.3, -0.25) is 9.69 Å². The maximum absolute atomic E-state index is 12.3. The molecule has 1 aliphatic heterocycles. The molecule has 6 heteroatoms. The predicted octanol–water partition coefficient (Wildman–Crippen LogP) is 2.53. The molecule has 1 aliphatic rings. The lowest BCUT2D eigenvalue weighted by Gasteiger charge is -2.24. The summed E-state index contributed by atoms with van der Waals surface area (Å²) in [5.74, 6) is 0.0234. The zero-order valence-electron chi connectivity index (χ0n) is 14.6. The molecule has 2 rings (SSSR count). The van der Waals surface area contributed by atoms with Gasteiger partial charge < -0.3 is 5.32 Å². The van der Waals surface area contributed by atoms with Gasteiger partial charge in [-0.15, -0.1) is 0 Å². The van der Waals surface area contributed by atoms with Gasteiger partial charge in [0.25, 0.3) is 0 Å². The van der Waals surface area contributed by atoms with Crippen molar-refractivity contribution in [3.05, 3.63) is 29.8 Å². The second kappa shape index (κ2) is 8.62. The lowest BCUT2D eigenvalue weighted by atomic mass is 10.1. The number of sulfone groups is 1. The molecule has 24 heavy (non-hydrogen) atoms. The van der Waals surface area contributed by atoms with Gasteiger partial charge in [-0.1, -0.05) is 31.4 Å². The summed E-state index contributed by atoms with van der Waals surface area (Å²) >= 11 is 0. The number of carbonyl (C=O) groups excluding carboxylic acids is 1. The highest BCUT2D eigenvalue weighted by Crippen LogP contribution is 2.16. The maximum atomic E-state index is 12.3.